The van der Waals surface area contributed by atoms with Crippen molar-refractivity contribution in [3.63, 3.8) is 0 Å². The highest BCUT2D eigenvalue weighted by molar-refractivity contribution is 5.99. The van der Waals surface area contributed by atoms with E-state index in [1.54, 1.807) is 13.8 Å². The van der Waals surface area contributed by atoms with Crippen LogP contribution in [-0.2, 0) is 11.2 Å². The van der Waals surface area contributed by atoms with Gasteiger partial charge >= 0.3 is 12.1 Å². The van der Waals surface area contributed by atoms with Gasteiger partial charge in [-0.2, -0.15) is 0 Å². The van der Waals surface area contributed by atoms with Crippen LogP contribution >= 0.6 is 0 Å². The molecule has 0 heterocycles. The number of ether oxygens (including phenoxy) is 1. The zero-order valence-electron chi connectivity index (χ0n) is 17.1. The third-order valence-electron chi connectivity index (χ3n) is 3.78. The van der Waals surface area contributed by atoms with Crippen LogP contribution in [0.5, 0.6) is 0 Å². The van der Waals surface area contributed by atoms with Crippen molar-refractivity contribution in [1.29, 1.82) is 0 Å². The molecule has 1 N–H and O–H groups in total. The van der Waals surface area contributed by atoms with Gasteiger partial charge in [-0.25, -0.2) is 14.5 Å². The summed E-state index contributed by atoms with van der Waals surface area (Å²) in [5.74, 6) is 0. The van der Waals surface area contributed by atoms with Gasteiger partial charge in [-0.15, -0.1) is 0 Å². The summed E-state index contributed by atoms with van der Waals surface area (Å²) >= 11 is 0. The number of benzene rings is 2. The minimum atomic E-state index is -0.651. The van der Waals surface area contributed by atoms with Crippen molar-refractivity contribution in [3.05, 3.63) is 59.7 Å². The number of hydrogen-bond donors (Lipinski definition) is 1. The number of amides is 3. The Balaban J connectivity index is 0.00000190. The number of anilines is 1. The summed E-state index contributed by atoms with van der Waals surface area (Å²) in [5.41, 5.74) is 3.73. The molecule has 0 saturated heterocycles. The topological polar surface area (TPSA) is 71.0 Å². The standard InChI is InChI=1S/C20H23N3O3.C2H6/c1-4-23(20(25)26-5-2)19(24)22-18-12-8-16(9-13-18)14-15-6-10-17(21-3)11-7-15;1-2/h6-13H,3-5,14H2,1-2H3,(H,22,24);1-2H3. The smallest absolute Gasteiger partial charge is 0.417 e. The third kappa shape index (κ3) is 6.87. The summed E-state index contributed by atoms with van der Waals surface area (Å²) < 4.78 is 4.87. The molecule has 0 aliphatic carbocycles. The molecule has 0 saturated carbocycles. The molecular formula is C22H29N3O3. The highest BCUT2D eigenvalue weighted by atomic mass is 16.6. The third-order valence-corrected chi connectivity index (χ3v) is 3.78. The Morgan fingerprint density at radius 2 is 1.54 bits per heavy atom. The monoisotopic (exact) mass is 383 g/mol. The van der Waals surface area contributed by atoms with Gasteiger partial charge < -0.3 is 10.1 Å². The fraction of sp³-hybridized carbons (Fsp3) is 0.318. The maximum Gasteiger partial charge on any atom is 0.417 e. The Morgan fingerprint density at radius 1 is 1.00 bits per heavy atom. The number of rotatable bonds is 6. The van der Waals surface area contributed by atoms with Gasteiger partial charge in [-0.3, -0.25) is 4.99 Å². The lowest BCUT2D eigenvalue weighted by atomic mass is 10.0. The number of nitrogens with one attached hydrogen (secondary N) is 1. The molecule has 6 heteroatoms. The summed E-state index contributed by atoms with van der Waals surface area (Å²) in [6.45, 7) is 11.4. The molecule has 2 aromatic carbocycles. The maximum atomic E-state index is 12.2. The van der Waals surface area contributed by atoms with Crippen LogP contribution in [0.2, 0.25) is 0 Å². The van der Waals surface area contributed by atoms with Gasteiger partial charge in [0, 0.05) is 12.2 Å². The van der Waals surface area contributed by atoms with Gasteiger partial charge in [0.25, 0.3) is 0 Å². The summed E-state index contributed by atoms with van der Waals surface area (Å²) in [5, 5.41) is 2.71. The molecule has 0 aliphatic heterocycles. The van der Waals surface area contributed by atoms with Crippen LogP contribution in [0.4, 0.5) is 21.0 Å². The zero-order valence-corrected chi connectivity index (χ0v) is 17.1. The lowest BCUT2D eigenvalue weighted by Gasteiger charge is -2.18. The fourth-order valence-corrected chi connectivity index (χ4v) is 2.41. The van der Waals surface area contributed by atoms with Crippen LogP contribution in [0, 0.1) is 0 Å². The van der Waals surface area contributed by atoms with E-state index in [2.05, 4.69) is 17.0 Å². The van der Waals surface area contributed by atoms with Crippen LogP contribution < -0.4 is 5.32 Å². The predicted octanol–water partition coefficient (Wildman–Crippen LogP) is 5.65. The number of carbonyl (C=O) groups is 2. The normalized spacial score (nSPS) is 9.57. The van der Waals surface area contributed by atoms with Gasteiger partial charge in [0.15, 0.2) is 0 Å². The van der Waals surface area contributed by atoms with Crippen molar-refractivity contribution in [1.82, 2.24) is 4.90 Å². The largest absolute Gasteiger partial charge is 0.449 e. The summed E-state index contributed by atoms with van der Waals surface area (Å²) in [6.07, 6.45) is 0.122. The molecule has 0 unspecified atom stereocenters. The second-order valence-corrected chi connectivity index (χ2v) is 5.57. The van der Waals surface area contributed by atoms with E-state index in [1.807, 2.05) is 62.4 Å². The maximum absolute atomic E-state index is 12.2. The number of nitrogens with zero attached hydrogens (tertiary/aromatic N) is 2. The van der Waals surface area contributed by atoms with E-state index in [1.165, 1.54) is 0 Å². The average Bonchev–Trinajstić information content (AvgIpc) is 2.72. The van der Waals surface area contributed by atoms with Crippen molar-refractivity contribution in [2.45, 2.75) is 34.1 Å². The van der Waals surface area contributed by atoms with Crippen LogP contribution in [0.15, 0.2) is 53.5 Å². The molecule has 0 aliphatic rings. The lowest BCUT2D eigenvalue weighted by Crippen LogP contribution is -2.40. The molecular weight excluding hydrogens is 354 g/mol. The minimum Gasteiger partial charge on any atom is -0.449 e. The molecule has 28 heavy (non-hydrogen) atoms. The molecule has 0 spiro atoms. The minimum absolute atomic E-state index is 0.223. The van der Waals surface area contributed by atoms with E-state index in [9.17, 15) is 9.59 Å². The van der Waals surface area contributed by atoms with Crippen molar-refractivity contribution in [2.24, 2.45) is 4.99 Å². The quantitative estimate of drug-likeness (QED) is 0.656. The van der Waals surface area contributed by atoms with Crippen molar-refractivity contribution in [2.75, 3.05) is 18.5 Å². The van der Waals surface area contributed by atoms with Crippen molar-refractivity contribution < 1.29 is 14.3 Å². The molecule has 0 bridgehead atoms. The molecule has 0 aromatic heterocycles. The first-order valence-corrected chi connectivity index (χ1v) is 9.47. The van der Waals surface area contributed by atoms with E-state index < -0.39 is 12.1 Å². The number of hydrogen-bond acceptors (Lipinski definition) is 4. The molecule has 0 atom stereocenters. The Kier molecular flexibility index (Phi) is 10.0. The van der Waals surface area contributed by atoms with Gasteiger partial charge in [0.2, 0.25) is 0 Å². The summed E-state index contributed by atoms with van der Waals surface area (Å²) in [6, 6.07) is 14.9. The first-order valence-electron chi connectivity index (χ1n) is 9.47. The van der Waals surface area contributed by atoms with E-state index >= 15 is 0 Å². The highest BCUT2D eigenvalue weighted by Gasteiger charge is 2.20. The van der Waals surface area contributed by atoms with Crippen LogP contribution in [-0.4, -0.2) is 36.9 Å². The second kappa shape index (κ2) is 12.3. The molecule has 0 fully saturated rings. The summed E-state index contributed by atoms with van der Waals surface area (Å²) in [7, 11) is 0. The van der Waals surface area contributed by atoms with Gasteiger partial charge in [-0.1, -0.05) is 38.1 Å². The second-order valence-electron chi connectivity index (χ2n) is 5.57. The van der Waals surface area contributed by atoms with Crippen molar-refractivity contribution >= 4 is 30.2 Å². The fourth-order valence-electron chi connectivity index (χ4n) is 2.41. The Bertz CT molecular complexity index is 756. The van der Waals surface area contributed by atoms with E-state index in [0.717, 1.165) is 28.1 Å². The Morgan fingerprint density at radius 3 is 2.00 bits per heavy atom. The zero-order chi connectivity index (χ0) is 20.9. The number of aliphatic imine (C=N–C) groups is 1. The van der Waals surface area contributed by atoms with Crippen LogP contribution in [0.1, 0.15) is 38.8 Å². The first-order chi connectivity index (χ1) is 13.6. The van der Waals surface area contributed by atoms with Crippen molar-refractivity contribution in [3.8, 4) is 0 Å². The number of urea groups is 1. The number of carbonyl (C=O) groups excluding carboxylic acids is 2. The SMILES string of the molecule is C=Nc1ccc(Cc2ccc(NC(=O)N(CC)C(=O)OCC)cc2)cc1.CC. The Hall–Kier alpha value is -3.15. The summed E-state index contributed by atoms with van der Waals surface area (Å²) in [4.78, 5) is 28.8. The van der Waals surface area contributed by atoms with E-state index in [4.69, 9.17) is 4.74 Å². The molecule has 0 radical (unpaired) electrons. The Labute approximate surface area is 167 Å². The first kappa shape index (κ1) is 22.9. The van der Waals surface area contributed by atoms with Crippen LogP contribution in [0.3, 0.4) is 0 Å². The van der Waals surface area contributed by atoms with Gasteiger partial charge in [-0.05, 0) is 62.4 Å². The van der Waals surface area contributed by atoms with Gasteiger partial charge in [0.05, 0.1) is 12.3 Å². The average molecular weight is 383 g/mol. The molecule has 2 aromatic rings. The molecule has 3 amide bonds. The number of imide groups is 1. The highest BCUT2D eigenvalue weighted by Crippen LogP contribution is 2.17. The molecule has 2 rings (SSSR count). The molecule has 6 nitrogen and oxygen atoms in total. The van der Waals surface area contributed by atoms with Crippen LogP contribution in [0.25, 0.3) is 0 Å². The lowest BCUT2D eigenvalue weighted by molar-refractivity contribution is 0.119. The van der Waals surface area contributed by atoms with E-state index in [0.29, 0.717) is 5.69 Å². The van der Waals surface area contributed by atoms with Gasteiger partial charge in [0.1, 0.15) is 0 Å². The molecule has 150 valence electrons. The van der Waals surface area contributed by atoms with E-state index in [-0.39, 0.29) is 13.2 Å². The predicted molar refractivity (Wildman–Crippen MR) is 115 cm³/mol.